The van der Waals surface area contributed by atoms with Crippen LogP contribution in [-0.4, -0.2) is 59.6 Å². The van der Waals surface area contributed by atoms with Crippen LogP contribution in [0.1, 0.15) is 18.5 Å². The maximum absolute atomic E-state index is 12.7. The summed E-state index contributed by atoms with van der Waals surface area (Å²) in [7, 11) is -1.64. The smallest absolute Gasteiger partial charge is 0.246 e. The van der Waals surface area contributed by atoms with Gasteiger partial charge >= 0.3 is 0 Å². The number of aromatic nitrogens is 2. The summed E-state index contributed by atoms with van der Waals surface area (Å²) in [5.41, 5.74) is 0.580. The van der Waals surface area contributed by atoms with E-state index in [-0.39, 0.29) is 0 Å². The number of rotatable bonds is 2. The Kier molecular flexibility index (Phi) is 3.15. The lowest BCUT2D eigenvalue weighted by atomic mass is 10.2. The van der Waals surface area contributed by atoms with Crippen molar-refractivity contribution in [3.8, 4) is 0 Å². The maximum Gasteiger partial charge on any atom is 0.246 e. The Bertz CT molecular complexity index is 581. The van der Waals surface area contributed by atoms with Gasteiger partial charge in [0.1, 0.15) is 4.90 Å². The minimum absolute atomic E-state index is 0.349. The fraction of sp³-hybridized carbons (Fsp3) is 0.750. The number of hydrogen-bond donors (Lipinski definition) is 0. The highest BCUT2D eigenvalue weighted by atomic mass is 32.2. The molecule has 1 aromatic heterocycles. The van der Waals surface area contributed by atoms with Crippen molar-refractivity contribution < 1.29 is 8.42 Å². The first-order valence-corrected chi connectivity index (χ1v) is 8.17. The largest absolute Gasteiger partial charge is 0.298 e. The minimum atomic E-state index is -3.39. The van der Waals surface area contributed by atoms with Gasteiger partial charge in [-0.3, -0.25) is 9.58 Å². The van der Waals surface area contributed by atoms with Crippen LogP contribution >= 0.6 is 0 Å². The van der Waals surface area contributed by atoms with Crippen LogP contribution in [0.4, 0.5) is 0 Å². The molecular formula is C12H20N4O2S. The van der Waals surface area contributed by atoms with Crippen molar-refractivity contribution in [2.45, 2.75) is 30.7 Å². The molecule has 7 heteroatoms. The lowest BCUT2D eigenvalue weighted by Crippen LogP contribution is -2.51. The average Bonchev–Trinajstić information content (AvgIpc) is 2.94. The summed E-state index contributed by atoms with van der Waals surface area (Å²) in [4.78, 5) is 2.75. The van der Waals surface area contributed by atoms with Gasteiger partial charge in [-0.25, -0.2) is 8.42 Å². The molecule has 1 aromatic rings. The zero-order valence-corrected chi connectivity index (χ0v) is 12.2. The number of hydrogen-bond acceptors (Lipinski definition) is 4. The van der Waals surface area contributed by atoms with Crippen molar-refractivity contribution in [1.82, 2.24) is 19.0 Å². The van der Waals surface area contributed by atoms with Gasteiger partial charge in [-0.05, 0) is 26.3 Å². The first kappa shape index (κ1) is 13.1. The SMILES string of the molecule is Cc1nn(C)cc1S(=O)(=O)N1CCN2CCCC2C1. The highest BCUT2D eigenvalue weighted by Gasteiger charge is 2.37. The van der Waals surface area contributed by atoms with Crippen LogP contribution in [0, 0.1) is 6.92 Å². The van der Waals surface area contributed by atoms with Crippen LogP contribution < -0.4 is 0 Å². The second kappa shape index (κ2) is 4.57. The van der Waals surface area contributed by atoms with E-state index in [9.17, 15) is 8.42 Å². The molecule has 1 unspecified atom stereocenters. The molecule has 0 amide bonds. The van der Waals surface area contributed by atoms with Crippen LogP contribution in [0.5, 0.6) is 0 Å². The van der Waals surface area contributed by atoms with Crippen molar-refractivity contribution >= 4 is 10.0 Å². The standard InChI is InChI=1S/C12H20N4O2S/c1-10-12(9-14(2)13-10)19(17,18)16-7-6-15-5-3-4-11(15)8-16/h9,11H,3-8H2,1-2H3. The van der Waals surface area contributed by atoms with Crippen LogP contribution in [0.15, 0.2) is 11.1 Å². The summed E-state index contributed by atoms with van der Waals surface area (Å²) in [5, 5.41) is 4.14. The monoisotopic (exact) mass is 284 g/mol. The van der Waals surface area contributed by atoms with Crippen LogP contribution in [0.25, 0.3) is 0 Å². The predicted octanol–water partition coefficient (Wildman–Crippen LogP) is 0.197. The third-order valence-corrected chi connectivity index (χ3v) is 6.10. The summed E-state index contributed by atoms with van der Waals surface area (Å²) in [5.74, 6) is 0. The molecule has 0 spiro atoms. The van der Waals surface area contributed by atoms with Crippen molar-refractivity contribution in [3.05, 3.63) is 11.9 Å². The summed E-state index contributed by atoms with van der Waals surface area (Å²) in [6.07, 6.45) is 3.90. The highest BCUT2D eigenvalue weighted by Crippen LogP contribution is 2.26. The van der Waals surface area contributed by atoms with E-state index in [2.05, 4.69) is 10.00 Å². The van der Waals surface area contributed by atoms with Gasteiger partial charge in [-0.1, -0.05) is 0 Å². The van der Waals surface area contributed by atoms with Gasteiger partial charge in [0.05, 0.1) is 5.69 Å². The van der Waals surface area contributed by atoms with E-state index in [0.717, 1.165) is 19.5 Å². The molecule has 2 aliphatic heterocycles. The van der Waals surface area contributed by atoms with Crippen molar-refractivity contribution in [3.63, 3.8) is 0 Å². The zero-order chi connectivity index (χ0) is 13.6. The molecule has 0 saturated carbocycles. The molecule has 2 saturated heterocycles. The summed E-state index contributed by atoms with van der Waals surface area (Å²) in [6.45, 7) is 4.93. The zero-order valence-electron chi connectivity index (χ0n) is 11.4. The van der Waals surface area contributed by atoms with E-state index < -0.39 is 10.0 Å². The molecule has 2 aliphatic rings. The second-order valence-corrected chi connectivity index (χ2v) is 7.35. The van der Waals surface area contributed by atoms with E-state index in [1.54, 1.807) is 29.2 Å². The third-order valence-electron chi connectivity index (χ3n) is 4.14. The number of piperazine rings is 1. The number of fused-ring (bicyclic) bond motifs is 1. The van der Waals surface area contributed by atoms with Gasteiger partial charge in [0.25, 0.3) is 0 Å². The molecule has 0 radical (unpaired) electrons. The molecule has 2 fully saturated rings. The molecule has 0 aromatic carbocycles. The molecule has 6 nitrogen and oxygen atoms in total. The number of sulfonamides is 1. The Labute approximate surface area is 114 Å². The van der Waals surface area contributed by atoms with Crippen LogP contribution in [0.3, 0.4) is 0 Å². The highest BCUT2D eigenvalue weighted by molar-refractivity contribution is 7.89. The molecular weight excluding hydrogens is 264 g/mol. The number of aryl methyl sites for hydroxylation is 2. The summed E-state index contributed by atoms with van der Waals surface area (Å²) >= 11 is 0. The van der Waals surface area contributed by atoms with Gasteiger partial charge in [0.2, 0.25) is 10.0 Å². The van der Waals surface area contributed by atoms with Crippen LogP contribution in [-0.2, 0) is 17.1 Å². The van der Waals surface area contributed by atoms with E-state index >= 15 is 0 Å². The van der Waals surface area contributed by atoms with E-state index in [1.807, 2.05) is 0 Å². The second-order valence-electron chi connectivity index (χ2n) is 5.45. The predicted molar refractivity (Wildman–Crippen MR) is 71.3 cm³/mol. The maximum atomic E-state index is 12.7. The topological polar surface area (TPSA) is 58.4 Å². The molecule has 1 atom stereocenters. The molecule has 19 heavy (non-hydrogen) atoms. The summed E-state index contributed by atoms with van der Waals surface area (Å²) in [6, 6.07) is 0.403. The normalized spacial score (nSPS) is 25.7. The van der Waals surface area contributed by atoms with Gasteiger partial charge in [0.15, 0.2) is 0 Å². The first-order valence-electron chi connectivity index (χ1n) is 6.73. The average molecular weight is 284 g/mol. The molecule has 106 valence electrons. The summed E-state index contributed by atoms with van der Waals surface area (Å²) < 4.78 is 28.5. The van der Waals surface area contributed by atoms with E-state index in [4.69, 9.17) is 0 Å². The first-order chi connectivity index (χ1) is 8.98. The fourth-order valence-corrected chi connectivity index (χ4v) is 4.82. The Balaban J connectivity index is 1.87. The Morgan fingerprint density at radius 3 is 2.79 bits per heavy atom. The molecule has 0 aliphatic carbocycles. The molecule has 0 N–H and O–H groups in total. The van der Waals surface area contributed by atoms with E-state index in [1.165, 1.54) is 6.42 Å². The van der Waals surface area contributed by atoms with Crippen molar-refractivity contribution in [2.75, 3.05) is 26.2 Å². The Morgan fingerprint density at radius 1 is 1.32 bits per heavy atom. The Hall–Kier alpha value is -0.920. The quantitative estimate of drug-likeness (QED) is 0.778. The number of nitrogens with zero attached hydrogens (tertiary/aromatic N) is 4. The van der Waals surface area contributed by atoms with Gasteiger partial charge in [-0.15, -0.1) is 0 Å². The van der Waals surface area contributed by atoms with Gasteiger partial charge in [-0.2, -0.15) is 9.40 Å². The van der Waals surface area contributed by atoms with E-state index in [0.29, 0.717) is 29.7 Å². The van der Waals surface area contributed by atoms with Gasteiger partial charge in [0, 0.05) is 38.9 Å². The molecule has 3 rings (SSSR count). The molecule has 0 bridgehead atoms. The Morgan fingerprint density at radius 2 is 2.11 bits per heavy atom. The van der Waals surface area contributed by atoms with Gasteiger partial charge < -0.3 is 0 Å². The lowest BCUT2D eigenvalue weighted by Gasteiger charge is -2.36. The third kappa shape index (κ3) is 2.19. The van der Waals surface area contributed by atoms with Crippen molar-refractivity contribution in [1.29, 1.82) is 0 Å². The minimum Gasteiger partial charge on any atom is -0.298 e. The lowest BCUT2D eigenvalue weighted by molar-refractivity contribution is 0.158. The fourth-order valence-electron chi connectivity index (χ4n) is 3.15. The van der Waals surface area contributed by atoms with Crippen molar-refractivity contribution in [2.24, 2.45) is 7.05 Å². The van der Waals surface area contributed by atoms with Crippen LogP contribution in [0.2, 0.25) is 0 Å². The molecule has 3 heterocycles.